The van der Waals surface area contributed by atoms with Crippen LogP contribution in [0.3, 0.4) is 0 Å². The first-order chi connectivity index (χ1) is 15.4. The smallest absolute Gasteiger partial charge is 0.326 e. The van der Waals surface area contributed by atoms with Crippen molar-refractivity contribution < 1.29 is 23.2 Å². The maximum Gasteiger partial charge on any atom is 0.332 e. The molecule has 6 nitrogen and oxygen atoms in total. The number of carbonyl (C=O) groups excluding carboxylic acids is 3. The van der Waals surface area contributed by atoms with Gasteiger partial charge in [-0.05, 0) is 54.1 Å². The monoisotopic (exact) mass is 435 g/mol. The van der Waals surface area contributed by atoms with Gasteiger partial charge in [0.15, 0.2) is 0 Å². The quantitative estimate of drug-likeness (QED) is 0.586. The lowest BCUT2D eigenvalue weighted by Crippen LogP contribution is -2.37. The number of para-hydroxylation sites is 1. The Labute approximate surface area is 183 Å². The van der Waals surface area contributed by atoms with Gasteiger partial charge in [0.05, 0.1) is 12.1 Å². The highest BCUT2D eigenvalue weighted by atomic mass is 19.1. The molecule has 162 valence electrons. The topological polar surface area (TPSA) is 69.7 Å². The Bertz CT molecular complexity index is 1150. The minimum Gasteiger partial charge on any atom is -0.326 e. The van der Waals surface area contributed by atoms with Crippen LogP contribution in [0.1, 0.15) is 12.0 Å². The molecule has 0 radical (unpaired) electrons. The van der Waals surface area contributed by atoms with Crippen LogP contribution >= 0.6 is 0 Å². The summed E-state index contributed by atoms with van der Waals surface area (Å²) in [5.41, 5.74) is 1.24. The van der Waals surface area contributed by atoms with E-state index >= 15 is 0 Å². The summed E-state index contributed by atoms with van der Waals surface area (Å²) in [5, 5.41) is 2.61. The molecule has 0 aromatic heterocycles. The predicted molar refractivity (Wildman–Crippen MR) is 115 cm³/mol. The highest BCUT2D eigenvalue weighted by molar-refractivity contribution is 6.22. The number of halogens is 2. The summed E-state index contributed by atoms with van der Waals surface area (Å²) in [6.45, 7) is -0.0415. The van der Waals surface area contributed by atoms with Crippen LogP contribution in [-0.4, -0.2) is 28.8 Å². The van der Waals surface area contributed by atoms with E-state index in [1.165, 1.54) is 47.4 Å². The van der Waals surface area contributed by atoms with Crippen LogP contribution in [0.5, 0.6) is 0 Å². The molecule has 3 aromatic rings. The van der Waals surface area contributed by atoms with E-state index in [0.29, 0.717) is 16.9 Å². The number of anilines is 2. The maximum atomic E-state index is 13.7. The van der Waals surface area contributed by atoms with Crippen molar-refractivity contribution in [3.63, 3.8) is 0 Å². The van der Waals surface area contributed by atoms with Gasteiger partial charge in [-0.1, -0.05) is 30.3 Å². The van der Waals surface area contributed by atoms with E-state index in [1.807, 2.05) is 0 Å². The molecule has 4 rings (SSSR count). The van der Waals surface area contributed by atoms with Crippen molar-refractivity contribution in [2.75, 3.05) is 10.2 Å². The molecule has 8 heteroatoms. The van der Waals surface area contributed by atoms with Gasteiger partial charge in [-0.3, -0.25) is 9.59 Å². The number of imide groups is 1. The van der Waals surface area contributed by atoms with Gasteiger partial charge in [-0.2, -0.15) is 0 Å². The summed E-state index contributed by atoms with van der Waals surface area (Å²) in [6, 6.07) is 17.6. The van der Waals surface area contributed by atoms with E-state index in [0.717, 1.165) is 4.90 Å². The highest BCUT2D eigenvalue weighted by Crippen LogP contribution is 2.28. The lowest BCUT2D eigenvalue weighted by molar-refractivity contribution is -0.124. The molecule has 1 saturated heterocycles. The van der Waals surface area contributed by atoms with Crippen LogP contribution in [0, 0.1) is 11.6 Å². The van der Waals surface area contributed by atoms with Crippen molar-refractivity contribution in [2.45, 2.75) is 19.0 Å². The molecule has 1 aliphatic heterocycles. The molecule has 1 atom stereocenters. The van der Waals surface area contributed by atoms with Crippen molar-refractivity contribution in [3.8, 4) is 0 Å². The first-order valence-electron chi connectivity index (χ1n) is 9.92. The maximum absolute atomic E-state index is 13.7. The molecule has 1 heterocycles. The number of hydrogen-bond acceptors (Lipinski definition) is 3. The van der Waals surface area contributed by atoms with Crippen molar-refractivity contribution in [1.82, 2.24) is 4.90 Å². The molecular formula is C24H19F2N3O3. The van der Waals surface area contributed by atoms with Crippen LogP contribution < -0.4 is 10.2 Å². The van der Waals surface area contributed by atoms with Crippen molar-refractivity contribution >= 4 is 29.2 Å². The molecule has 3 aromatic carbocycles. The van der Waals surface area contributed by atoms with Crippen molar-refractivity contribution in [2.24, 2.45) is 0 Å². The van der Waals surface area contributed by atoms with Gasteiger partial charge in [0.2, 0.25) is 5.91 Å². The summed E-state index contributed by atoms with van der Waals surface area (Å²) in [5.74, 6) is -1.97. The van der Waals surface area contributed by atoms with Gasteiger partial charge in [0, 0.05) is 12.2 Å². The molecule has 4 amide bonds. The molecule has 1 N–H and O–H groups in total. The average Bonchev–Trinajstić information content (AvgIpc) is 3.00. The summed E-state index contributed by atoms with van der Waals surface area (Å²) < 4.78 is 26.8. The van der Waals surface area contributed by atoms with Crippen LogP contribution in [0.25, 0.3) is 0 Å². The molecule has 0 aliphatic carbocycles. The minimum atomic E-state index is -1.08. The fourth-order valence-corrected chi connectivity index (χ4v) is 3.58. The minimum absolute atomic E-state index is 0.0415. The van der Waals surface area contributed by atoms with E-state index < -0.39 is 35.5 Å². The fourth-order valence-electron chi connectivity index (χ4n) is 3.58. The Hall–Kier alpha value is -4.07. The number of urea groups is 1. The second-order valence-electron chi connectivity index (χ2n) is 7.32. The standard InChI is InChI=1S/C24H19F2N3O3/c25-17-9-11-19(12-10-17)27-22(30)14-21-23(31)29(20-7-2-1-3-8-20)24(32)28(21)15-16-5-4-6-18(26)13-16/h1-13,21H,14-15H2,(H,27,30). The number of carbonyl (C=O) groups is 3. The first kappa shape index (κ1) is 21.2. The zero-order valence-electron chi connectivity index (χ0n) is 16.9. The van der Waals surface area contributed by atoms with Gasteiger partial charge in [0.1, 0.15) is 17.7 Å². The van der Waals surface area contributed by atoms with Crippen LogP contribution in [-0.2, 0) is 16.1 Å². The third-order valence-corrected chi connectivity index (χ3v) is 5.08. The molecular weight excluding hydrogens is 416 g/mol. The van der Waals surface area contributed by atoms with Gasteiger partial charge in [0.25, 0.3) is 5.91 Å². The van der Waals surface area contributed by atoms with Crippen LogP contribution in [0.15, 0.2) is 78.9 Å². The Morgan fingerprint density at radius 2 is 1.59 bits per heavy atom. The number of nitrogens with zero attached hydrogens (tertiary/aromatic N) is 2. The van der Waals surface area contributed by atoms with Crippen molar-refractivity contribution in [3.05, 3.63) is 96.1 Å². The molecule has 0 saturated carbocycles. The third kappa shape index (κ3) is 4.49. The zero-order valence-corrected chi connectivity index (χ0v) is 16.9. The lowest BCUT2D eigenvalue weighted by atomic mass is 10.1. The molecule has 0 bridgehead atoms. The predicted octanol–water partition coefficient (Wildman–Crippen LogP) is 4.33. The second-order valence-corrected chi connectivity index (χ2v) is 7.32. The normalized spacial score (nSPS) is 15.9. The van der Waals surface area contributed by atoms with Gasteiger partial charge >= 0.3 is 6.03 Å². The zero-order chi connectivity index (χ0) is 22.7. The molecule has 1 unspecified atom stereocenters. The Kier molecular flexibility index (Phi) is 5.93. The average molecular weight is 435 g/mol. The number of rotatable bonds is 6. The van der Waals surface area contributed by atoms with Gasteiger partial charge in [-0.25, -0.2) is 18.5 Å². The second kappa shape index (κ2) is 8.97. The summed E-state index contributed by atoms with van der Waals surface area (Å²) in [4.78, 5) is 41.2. The number of nitrogens with one attached hydrogen (secondary N) is 1. The summed E-state index contributed by atoms with van der Waals surface area (Å²) >= 11 is 0. The van der Waals surface area contributed by atoms with Gasteiger partial charge in [-0.15, -0.1) is 0 Å². The van der Waals surface area contributed by atoms with E-state index in [2.05, 4.69) is 5.32 Å². The third-order valence-electron chi connectivity index (χ3n) is 5.08. The van der Waals surface area contributed by atoms with Crippen LogP contribution in [0.2, 0.25) is 0 Å². The van der Waals surface area contributed by atoms with Crippen molar-refractivity contribution in [1.29, 1.82) is 0 Å². The number of amides is 4. The largest absolute Gasteiger partial charge is 0.332 e. The van der Waals surface area contributed by atoms with E-state index in [-0.39, 0.29) is 13.0 Å². The van der Waals surface area contributed by atoms with Gasteiger partial charge < -0.3 is 10.2 Å². The molecule has 1 fully saturated rings. The SMILES string of the molecule is O=C(CC1C(=O)N(c2ccccc2)C(=O)N1Cc1cccc(F)c1)Nc1ccc(F)cc1. The molecule has 1 aliphatic rings. The Balaban J connectivity index is 1.59. The Morgan fingerprint density at radius 3 is 2.28 bits per heavy atom. The van der Waals surface area contributed by atoms with E-state index in [4.69, 9.17) is 0 Å². The number of benzene rings is 3. The Morgan fingerprint density at radius 1 is 0.875 bits per heavy atom. The molecule has 32 heavy (non-hydrogen) atoms. The lowest BCUT2D eigenvalue weighted by Gasteiger charge is -2.21. The number of hydrogen-bond donors (Lipinski definition) is 1. The van der Waals surface area contributed by atoms with Crippen LogP contribution in [0.4, 0.5) is 25.0 Å². The summed E-state index contributed by atoms with van der Waals surface area (Å²) in [7, 11) is 0. The first-order valence-corrected chi connectivity index (χ1v) is 9.92. The fraction of sp³-hybridized carbons (Fsp3) is 0.125. The summed E-state index contributed by atoms with van der Waals surface area (Å²) in [6.07, 6.45) is -0.305. The molecule has 0 spiro atoms. The van der Waals surface area contributed by atoms with E-state index in [1.54, 1.807) is 36.4 Å². The highest BCUT2D eigenvalue weighted by Gasteiger charge is 2.46. The van der Waals surface area contributed by atoms with E-state index in [9.17, 15) is 23.2 Å².